The number of sulfonamides is 1. The number of nitrogens with one attached hydrogen (secondary N) is 1. The molecule has 1 fully saturated rings. The first kappa shape index (κ1) is 14.6. The fourth-order valence-corrected chi connectivity index (χ4v) is 3.52. The van der Waals surface area contributed by atoms with Crippen LogP contribution in [0.1, 0.15) is 26.2 Å². The molecule has 1 aliphatic rings. The van der Waals surface area contributed by atoms with Gasteiger partial charge in [-0.25, -0.2) is 17.5 Å². The molecule has 0 bridgehead atoms. The zero-order valence-corrected chi connectivity index (χ0v) is 12.1. The molecular formula is C12H16ClFN2O2S. The van der Waals surface area contributed by atoms with Crippen molar-refractivity contribution < 1.29 is 12.8 Å². The summed E-state index contributed by atoms with van der Waals surface area (Å²) < 4.78 is 40.4. The van der Waals surface area contributed by atoms with Crippen LogP contribution in [-0.2, 0) is 10.0 Å². The van der Waals surface area contributed by atoms with Gasteiger partial charge in [-0.1, -0.05) is 18.5 Å². The van der Waals surface area contributed by atoms with Gasteiger partial charge < -0.3 is 5.73 Å². The lowest BCUT2D eigenvalue weighted by Gasteiger charge is -2.14. The van der Waals surface area contributed by atoms with Crippen molar-refractivity contribution in [3.05, 3.63) is 23.0 Å². The zero-order valence-electron chi connectivity index (χ0n) is 10.5. The van der Waals surface area contributed by atoms with Crippen molar-refractivity contribution in [2.24, 2.45) is 5.41 Å². The average Bonchev–Trinajstić information content (AvgIpc) is 3.12. The molecule has 0 spiro atoms. The number of halogens is 2. The lowest BCUT2D eigenvalue weighted by Crippen LogP contribution is -2.30. The van der Waals surface area contributed by atoms with Gasteiger partial charge in [-0.05, 0) is 36.8 Å². The first-order valence-electron chi connectivity index (χ1n) is 6.04. The van der Waals surface area contributed by atoms with E-state index in [0.717, 1.165) is 25.3 Å². The molecule has 2 rings (SSSR count). The smallest absolute Gasteiger partial charge is 0.243 e. The second-order valence-electron chi connectivity index (χ2n) is 4.99. The molecular weight excluding hydrogens is 291 g/mol. The first-order chi connectivity index (χ1) is 8.80. The molecule has 0 amide bonds. The Labute approximate surface area is 117 Å². The van der Waals surface area contributed by atoms with Crippen LogP contribution in [0, 0.1) is 11.2 Å². The lowest BCUT2D eigenvalue weighted by molar-refractivity contribution is 0.473. The van der Waals surface area contributed by atoms with Crippen molar-refractivity contribution in [3.63, 3.8) is 0 Å². The monoisotopic (exact) mass is 306 g/mol. The van der Waals surface area contributed by atoms with Crippen LogP contribution in [0.3, 0.4) is 0 Å². The highest BCUT2D eigenvalue weighted by molar-refractivity contribution is 7.89. The molecule has 0 aliphatic heterocycles. The van der Waals surface area contributed by atoms with Gasteiger partial charge in [0.2, 0.25) is 10.0 Å². The van der Waals surface area contributed by atoms with Gasteiger partial charge in [0.1, 0.15) is 4.90 Å². The molecule has 106 valence electrons. The molecule has 3 N–H and O–H groups in total. The summed E-state index contributed by atoms with van der Waals surface area (Å²) in [5, 5.41) is 0.0934. The standard InChI is InChI=1S/C12H16ClFN2O2S/c1-2-12(3-4-12)7-16-19(17,18)10-6-8(13)5-9(15)11(10)14/h5-6,16H,2-4,7,15H2,1H3. The predicted octanol–water partition coefficient (Wildman–Crippen LogP) is 2.53. The van der Waals surface area contributed by atoms with E-state index in [1.165, 1.54) is 6.07 Å². The largest absolute Gasteiger partial charge is 0.396 e. The summed E-state index contributed by atoms with van der Waals surface area (Å²) in [5.41, 5.74) is 5.15. The zero-order chi connectivity index (χ0) is 14.3. The minimum atomic E-state index is -3.93. The highest BCUT2D eigenvalue weighted by Crippen LogP contribution is 2.48. The minimum Gasteiger partial charge on any atom is -0.396 e. The highest BCUT2D eigenvalue weighted by Gasteiger charge is 2.41. The van der Waals surface area contributed by atoms with Gasteiger partial charge in [-0.15, -0.1) is 0 Å². The van der Waals surface area contributed by atoms with Crippen LogP contribution in [0.2, 0.25) is 5.02 Å². The quantitative estimate of drug-likeness (QED) is 0.821. The van der Waals surface area contributed by atoms with Gasteiger partial charge in [0.05, 0.1) is 5.69 Å². The maximum atomic E-state index is 13.8. The van der Waals surface area contributed by atoms with E-state index in [1.54, 1.807) is 0 Å². The molecule has 7 heteroatoms. The van der Waals surface area contributed by atoms with Crippen molar-refractivity contribution in [2.45, 2.75) is 31.1 Å². The molecule has 1 aromatic carbocycles. The number of nitrogens with two attached hydrogens (primary N) is 1. The maximum absolute atomic E-state index is 13.8. The van der Waals surface area contributed by atoms with E-state index < -0.39 is 20.7 Å². The van der Waals surface area contributed by atoms with Crippen LogP contribution in [0.5, 0.6) is 0 Å². The van der Waals surface area contributed by atoms with Gasteiger partial charge in [0, 0.05) is 11.6 Å². The number of anilines is 1. The summed E-state index contributed by atoms with van der Waals surface area (Å²) >= 11 is 5.72. The Bertz CT molecular complexity index is 600. The van der Waals surface area contributed by atoms with E-state index in [2.05, 4.69) is 4.72 Å². The maximum Gasteiger partial charge on any atom is 0.243 e. The predicted molar refractivity (Wildman–Crippen MR) is 73.0 cm³/mol. The summed E-state index contributed by atoms with van der Waals surface area (Å²) in [6, 6.07) is 2.26. The normalized spacial score (nSPS) is 17.4. The molecule has 4 nitrogen and oxygen atoms in total. The highest BCUT2D eigenvalue weighted by atomic mass is 35.5. The SMILES string of the molecule is CCC1(CNS(=O)(=O)c2cc(Cl)cc(N)c2F)CC1. The Morgan fingerprint density at radius 2 is 2.11 bits per heavy atom. The summed E-state index contributed by atoms with van der Waals surface area (Å²) in [5.74, 6) is -0.960. The van der Waals surface area contributed by atoms with E-state index in [4.69, 9.17) is 17.3 Å². The third kappa shape index (κ3) is 3.01. The van der Waals surface area contributed by atoms with Crippen LogP contribution in [0.15, 0.2) is 17.0 Å². The van der Waals surface area contributed by atoms with Crippen LogP contribution >= 0.6 is 11.6 Å². The van der Waals surface area contributed by atoms with E-state index in [1.807, 2.05) is 6.92 Å². The lowest BCUT2D eigenvalue weighted by atomic mass is 10.1. The van der Waals surface area contributed by atoms with Crippen molar-refractivity contribution in [3.8, 4) is 0 Å². The second-order valence-corrected chi connectivity index (χ2v) is 7.16. The summed E-state index contributed by atoms with van der Waals surface area (Å²) in [7, 11) is -3.93. The Morgan fingerprint density at radius 1 is 1.47 bits per heavy atom. The van der Waals surface area contributed by atoms with Crippen LogP contribution < -0.4 is 10.5 Å². The molecule has 0 saturated heterocycles. The molecule has 1 aromatic rings. The Hall–Kier alpha value is -0.850. The number of hydrogen-bond acceptors (Lipinski definition) is 3. The van der Waals surface area contributed by atoms with E-state index in [0.29, 0.717) is 6.54 Å². The van der Waals surface area contributed by atoms with Crippen LogP contribution in [0.25, 0.3) is 0 Å². The van der Waals surface area contributed by atoms with Crippen molar-refractivity contribution >= 4 is 27.3 Å². The molecule has 0 radical (unpaired) electrons. The van der Waals surface area contributed by atoms with Gasteiger partial charge in [-0.3, -0.25) is 0 Å². The number of nitrogen functional groups attached to an aromatic ring is 1. The Balaban J connectivity index is 2.25. The van der Waals surface area contributed by atoms with E-state index >= 15 is 0 Å². The van der Waals surface area contributed by atoms with Crippen molar-refractivity contribution in [2.75, 3.05) is 12.3 Å². The van der Waals surface area contributed by atoms with Gasteiger partial charge in [-0.2, -0.15) is 0 Å². The summed E-state index contributed by atoms with van der Waals surface area (Å²) in [4.78, 5) is -0.496. The number of rotatable bonds is 5. The third-order valence-corrected chi connectivity index (χ3v) is 5.28. The van der Waals surface area contributed by atoms with E-state index in [-0.39, 0.29) is 16.1 Å². The fraction of sp³-hybridized carbons (Fsp3) is 0.500. The molecule has 0 atom stereocenters. The second kappa shape index (κ2) is 4.92. The average molecular weight is 307 g/mol. The minimum absolute atomic E-state index is 0.0354. The van der Waals surface area contributed by atoms with Crippen LogP contribution in [-0.4, -0.2) is 15.0 Å². The fourth-order valence-electron chi connectivity index (χ4n) is 1.94. The number of hydrogen-bond donors (Lipinski definition) is 2. The third-order valence-electron chi connectivity index (χ3n) is 3.67. The first-order valence-corrected chi connectivity index (χ1v) is 7.90. The van der Waals surface area contributed by atoms with Crippen LogP contribution in [0.4, 0.5) is 10.1 Å². The molecule has 1 aliphatic carbocycles. The van der Waals surface area contributed by atoms with Gasteiger partial charge in [0.15, 0.2) is 5.82 Å². The number of benzene rings is 1. The van der Waals surface area contributed by atoms with Gasteiger partial charge in [0.25, 0.3) is 0 Å². The van der Waals surface area contributed by atoms with Crippen molar-refractivity contribution in [1.29, 1.82) is 0 Å². The van der Waals surface area contributed by atoms with Crippen molar-refractivity contribution in [1.82, 2.24) is 4.72 Å². The summed E-state index contributed by atoms with van der Waals surface area (Å²) in [6.45, 7) is 2.33. The van der Waals surface area contributed by atoms with Gasteiger partial charge >= 0.3 is 0 Å². The Morgan fingerprint density at radius 3 is 2.63 bits per heavy atom. The molecule has 0 aromatic heterocycles. The molecule has 0 unspecified atom stereocenters. The molecule has 19 heavy (non-hydrogen) atoms. The Kier molecular flexibility index (Phi) is 3.77. The van der Waals surface area contributed by atoms with E-state index in [9.17, 15) is 12.8 Å². The molecule has 1 saturated carbocycles. The topological polar surface area (TPSA) is 72.2 Å². The molecule has 0 heterocycles. The summed E-state index contributed by atoms with van der Waals surface area (Å²) in [6.07, 6.45) is 2.88.